The maximum atomic E-state index is 6.19. The first kappa shape index (κ1) is 17.8. The molecule has 3 rings (SSSR count). The van der Waals surface area contributed by atoms with Gasteiger partial charge in [0.15, 0.2) is 0 Å². The van der Waals surface area contributed by atoms with Crippen LogP contribution in [0, 0.1) is 6.92 Å². The van der Waals surface area contributed by atoms with Crippen LogP contribution in [0.1, 0.15) is 44.2 Å². The fourth-order valence-corrected chi connectivity index (χ4v) is 3.45. The monoisotopic (exact) mass is 360 g/mol. The molecule has 0 amide bonds. The van der Waals surface area contributed by atoms with Gasteiger partial charge in [0.1, 0.15) is 11.6 Å². The SMILES string of the molecule is COc1ccc(Nc2cc(C)nc(NC3CCCCCC3)n2)cc1Cl. The lowest BCUT2D eigenvalue weighted by Gasteiger charge is -2.17. The van der Waals surface area contributed by atoms with Crippen molar-refractivity contribution in [3.05, 3.63) is 35.0 Å². The number of hydrogen-bond acceptors (Lipinski definition) is 5. The van der Waals surface area contributed by atoms with Crippen LogP contribution in [0.5, 0.6) is 5.75 Å². The lowest BCUT2D eigenvalue weighted by atomic mass is 10.1. The molecule has 1 aliphatic rings. The van der Waals surface area contributed by atoms with E-state index in [0.717, 1.165) is 17.2 Å². The zero-order chi connectivity index (χ0) is 17.6. The Balaban J connectivity index is 1.73. The lowest BCUT2D eigenvalue weighted by molar-refractivity contribution is 0.415. The van der Waals surface area contributed by atoms with Crippen molar-refractivity contribution in [2.45, 2.75) is 51.5 Å². The van der Waals surface area contributed by atoms with Crippen molar-refractivity contribution in [3.8, 4) is 5.75 Å². The first-order valence-electron chi connectivity index (χ1n) is 8.87. The van der Waals surface area contributed by atoms with Crippen molar-refractivity contribution in [2.75, 3.05) is 17.7 Å². The molecule has 2 N–H and O–H groups in total. The van der Waals surface area contributed by atoms with Crippen LogP contribution in [0.15, 0.2) is 24.3 Å². The van der Waals surface area contributed by atoms with Crippen LogP contribution in [0.4, 0.5) is 17.5 Å². The van der Waals surface area contributed by atoms with E-state index < -0.39 is 0 Å². The molecule has 1 saturated carbocycles. The largest absolute Gasteiger partial charge is 0.495 e. The van der Waals surface area contributed by atoms with Crippen LogP contribution in [0.25, 0.3) is 0 Å². The average molecular weight is 361 g/mol. The van der Waals surface area contributed by atoms with Crippen LogP contribution in [-0.2, 0) is 0 Å². The number of nitrogens with one attached hydrogen (secondary N) is 2. The van der Waals surface area contributed by atoms with E-state index in [1.165, 1.54) is 38.5 Å². The van der Waals surface area contributed by atoms with Crippen molar-refractivity contribution in [3.63, 3.8) is 0 Å². The molecule has 5 nitrogen and oxygen atoms in total. The van der Waals surface area contributed by atoms with E-state index in [0.29, 0.717) is 22.8 Å². The van der Waals surface area contributed by atoms with Gasteiger partial charge in [-0.3, -0.25) is 0 Å². The summed E-state index contributed by atoms with van der Waals surface area (Å²) in [6, 6.07) is 7.98. The zero-order valence-corrected chi connectivity index (χ0v) is 15.6. The first-order chi connectivity index (χ1) is 12.1. The summed E-state index contributed by atoms with van der Waals surface area (Å²) in [7, 11) is 1.60. The van der Waals surface area contributed by atoms with Crippen molar-refractivity contribution in [2.24, 2.45) is 0 Å². The van der Waals surface area contributed by atoms with Crippen LogP contribution in [0.2, 0.25) is 5.02 Å². The molecular formula is C19H25ClN4O. The molecule has 0 spiro atoms. The third kappa shape index (κ3) is 4.98. The number of aromatic nitrogens is 2. The van der Waals surface area contributed by atoms with Crippen molar-refractivity contribution >= 4 is 29.1 Å². The van der Waals surface area contributed by atoms with Gasteiger partial charge < -0.3 is 15.4 Å². The summed E-state index contributed by atoms with van der Waals surface area (Å²) < 4.78 is 5.19. The second-order valence-corrected chi connectivity index (χ2v) is 6.93. The highest BCUT2D eigenvalue weighted by atomic mass is 35.5. The quantitative estimate of drug-likeness (QED) is 0.706. The van der Waals surface area contributed by atoms with E-state index in [2.05, 4.69) is 20.6 Å². The van der Waals surface area contributed by atoms with E-state index in [4.69, 9.17) is 16.3 Å². The molecule has 0 aliphatic heterocycles. The van der Waals surface area contributed by atoms with Gasteiger partial charge in [0.05, 0.1) is 12.1 Å². The van der Waals surface area contributed by atoms with Gasteiger partial charge in [0.25, 0.3) is 0 Å². The smallest absolute Gasteiger partial charge is 0.225 e. The molecule has 1 fully saturated rings. The van der Waals surface area contributed by atoms with E-state index in [1.807, 2.05) is 31.2 Å². The van der Waals surface area contributed by atoms with Crippen molar-refractivity contribution < 1.29 is 4.74 Å². The molecule has 1 aromatic heterocycles. The molecule has 1 heterocycles. The van der Waals surface area contributed by atoms with E-state index in [-0.39, 0.29) is 0 Å². The zero-order valence-electron chi connectivity index (χ0n) is 14.8. The fraction of sp³-hybridized carbons (Fsp3) is 0.474. The molecule has 134 valence electrons. The number of halogens is 1. The average Bonchev–Trinajstić information content (AvgIpc) is 2.83. The summed E-state index contributed by atoms with van der Waals surface area (Å²) in [5, 5.41) is 7.37. The van der Waals surface area contributed by atoms with Gasteiger partial charge in [0, 0.05) is 23.5 Å². The summed E-state index contributed by atoms with van der Waals surface area (Å²) in [6.45, 7) is 1.98. The molecule has 0 radical (unpaired) electrons. The molecule has 0 unspecified atom stereocenters. The molecule has 1 aliphatic carbocycles. The molecule has 2 aromatic rings. The number of nitrogens with zero attached hydrogens (tertiary/aromatic N) is 2. The third-order valence-corrected chi connectivity index (χ3v) is 4.76. The Morgan fingerprint density at radius 2 is 1.84 bits per heavy atom. The summed E-state index contributed by atoms with van der Waals surface area (Å²) in [5.41, 5.74) is 1.79. The molecule has 25 heavy (non-hydrogen) atoms. The topological polar surface area (TPSA) is 59.1 Å². The van der Waals surface area contributed by atoms with Gasteiger partial charge in [-0.2, -0.15) is 4.98 Å². The summed E-state index contributed by atoms with van der Waals surface area (Å²) in [5.74, 6) is 2.10. The molecule has 1 aromatic carbocycles. The first-order valence-corrected chi connectivity index (χ1v) is 9.24. The maximum absolute atomic E-state index is 6.19. The fourth-order valence-electron chi connectivity index (χ4n) is 3.20. The van der Waals surface area contributed by atoms with E-state index >= 15 is 0 Å². The van der Waals surface area contributed by atoms with Gasteiger partial charge in [-0.25, -0.2) is 4.98 Å². The highest BCUT2D eigenvalue weighted by Crippen LogP contribution is 2.29. The standard InChI is InChI=1S/C19H25ClN4O/c1-13-11-18(22-15-9-10-17(25-2)16(20)12-15)24-19(21-13)23-14-7-5-3-4-6-8-14/h9-12,14H,3-8H2,1-2H3,(H2,21,22,23,24). The highest BCUT2D eigenvalue weighted by molar-refractivity contribution is 6.32. The normalized spacial score (nSPS) is 15.5. The number of ether oxygens (including phenoxy) is 1. The molecule has 0 bridgehead atoms. The Kier molecular flexibility index (Phi) is 5.97. The van der Waals surface area contributed by atoms with Crippen molar-refractivity contribution in [1.82, 2.24) is 9.97 Å². The van der Waals surface area contributed by atoms with Crippen LogP contribution in [0.3, 0.4) is 0 Å². The predicted molar refractivity (Wildman–Crippen MR) is 103 cm³/mol. The third-order valence-electron chi connectivity index (χ3n) is 4.47. The minimum Gasteiger partial charge on any atom is -0.495 e. The second-order valence-electron chi connectivity index (χ2n) is 6.53. The Labute approximate surface area is 154 Å². The van der Waals surface area contributed by atoms with Gasteiger partial charge in [0.2, 0.25) is 5.95 Å². The van der Waals surface area contributed by atoms with Gasteiger partial charge in [-0.05, 0) is 38.0 Å². The summed E-state index contributed by atoms with van der Waals surface area (Å²) >= 11 is 6.19. The second kappa shape index (κ2) is 8.39. The molecular weight excluding hydrogens is 336 g/mol. The number of methoxy groups -OCH3 is 1. The Morgan fingerprint density at radius 1 is 1.08 bits per heavy atom. The maximum Gasteiger partial charge on any atom is 0.225 e. The number of rotatable bonds is 5. The van der Waals surface area contributed by atoms with Crippen LogP contribution >= 0.6 is 11.6 Å². The number of anilines is 3. The summed E-state index contributed by atoms with van der Waals surface area (Å²) in [4.78, 5) is 9.15. The molecule has 0 atom stereocenters. The minimum atomic E-state index is 0.465. The van der Waals surface area contributed by atoms with Crippen LogP contribution in [-0.4, -0.2) is 23.1 Å². The molecule has 6 heteroatoms. The van der Waals surface area contributed by atoms with Gasteiger partial charge in [-0.15, -0.1) is 0 Å². The number of aryl methyl sites for hydroxylation is 1. The van der Waals surface area contributed by atoms with Gasteiger partial charge in [-0.1, -0.05) is 37.3 Å². The van der Waals surface area contributed by atoms with Crippen molar-refractivity contribution in [1.29, 1.82) is 0 Å². The predicted octanol–water partition coefficient (Wildman–Crippen LogP) is 5.33. The Bertz CT molecular complexity index is 715. The van der Waals surface area contributed by atoms with E-state index in [1.54, 1.807) is 7.11 Å². The Morgan fingerprint density at radius 3 is 2.52 bits per heavy atom. The van der Waals surface area contributed by atoms with Crippen LogP contribution < -0.4 is 15.4 Å². The van der Waals surface area contributed by atoms with Gasteiger partial charge >= 0.3 is 0 Å². The van der Waals surface area contributed by atoms with E-state index in [9.17, 15) is 0 Å². The summed E-state index contributed by atoms with van der Waals surface area (Å²) in [6.07, 6.45) is 7.59. The number of benzene rings is 1. The lowest BCUT2D eigenvalue weighted by Crippen LogP contribution is -2.20. The highest BCUT2D eigenvalue weighted by Gasteiger charge is 2.14. The Hall–Kier alpha value is -2.01. The minimum absolute atomic E-state index is 0.465. The number of hydrogen-bond donors (Lipinski definition) is 2. The molecule has 0 saturated heterocycles.